The number of amides is 4. The Morgan fingerprint density at radius 3 is 2.43 bits per heavy atom. The maximum Gasteiger partial charge on any atom is 0.409 e. The minimum Gasteiger partial charge on any atom is -0.508 e. The van der Waals surface area contributed by atoms with Crippen LogP contribution in [0.2, 0.25) is 0 Å². The van der Waals surface area contributed by atoms with E-state index in [-0.39, 0.29) is 102 Å². The van der Waals surface area contributed by atoms with Crippen LogP contribution in [0, 0.1) is 24.0 Å². The molecule has 0 spiro atoms. The Bertz CT molecular complexity index is 2980. The fraction of sp³-hybridized carbons (Fsp3) is 0.420. The van der Waals surface area contributed by atoms with Gasteiger partial charge in [0, 0.05) is 105 Å². The SMILES string of the molecule is C#Cc1c(F)ccc2cc(O)cc(-c3ncc4c(N5CC6CCC(C5)N6)nc(OC[C@@H]5CC[C@@H](COC(=O)N6CCN(c7ccc8c(c7)CN(C7CCC(=O)NC7=O)C8=O)CC6)N5C)nc4c3F)c12. The topological polar surface area (TPSA) is 186 Å². The minimum atomic E-state index is -0.791. The number of imide groups is 1. The number of anilines is 2. The summed E-state index contributed by atoms with van der Waals surface area (Å²) in [6.07, 6.45) is 10.9. The van der Waals surface area contributed by atoms with Crippen molar-refractivity contribution >= 4 is 57.0 Å². The van der Waals surface area contributed by atoms with Crippen LogP contribution in [-0.2, 0) is 20.9 Å². The number of benzene rings is 3. The number of hydrogen-bond donors (Lipinski definition) is 3. The first-order chi connectivity index (χ1) is 33.4. The van der Waals surface area contributed by atoms with Crippen molar-refractivity contribution in [3.8, 4) is 35.4 Å². The number of pyridine rings is 1. The third kappa shape index (κ3) is 8.14. The molecule has 6 aliphatic rings. The highest BCUT2D eigenvalue weighted by atomic mass is 19.1. The molecule has 356 valence electrons. The Kier molecular flexibility index (Phi) is 11.4. The molecule has 8 heterocycles. The Labute approximate surface area is 395 Å². The summed E-state index contributed by atoms with van der Waals surface area (Å²) in [5, 5.41) is 17.7. The van der Waals surface area contributed by atoms with Crippen LogP contribution in [0.5, 0.6) is 11.8 Å². The smallest absolute Gasteiger partial charge is 0.409 e. The van der Waals surface area contributed by atoms with Gasteiger partial charge in [0.25, 0.3) is 5.91 Å². The molecule has 3 unspecified atom stereocenters. The van der Waals surface area contributed by atoms with Crippen LogP contribution in [0.15, 0.2) is 48.7 Å². The van der Waals surface area contributed by atoms with E-state index in [4.69, 9.17) is 20.9 Å². The van der Waals surface area contributed by atoms with E-state index in [9.17, 15) is 24.3 Å². The van der Waals surface area contributed by atoms with Crippen LogP contribution >= 0.6 is 0 Å². The quantitative estimate of drug-likeness (QED) is 0.140. The van der Waals surface area contributed by atoms with Gasteiger partial charge in [0.05, 0.1) is 10.9 Å². The second-order valence-electron chi connectivity index (χ2n) is 18.9. The Hall–Kier alpha value is -7.17. The fourth-order valence-electron chi connectivity index (χ4n) is 11.1. The number of aromatic nitrogens is 3. The monoisotopic (exact) mass is 940 g/mol. The Morgan fingerprint density at radius 2 is 1.68 bits per heavy atom. The van der Waals surface area contributed by atoms with Gasteiger partial charge in [-0.3, -0.25) is 29.6 Å². The number of halogens is 2. The molecule has 5 aromatic rings. The highest BCUT2D eigenvalue weighted by molar-refractivity contribution is 6.06. The summed E-state index contributed by atoms with van der Waals surface area (Å²) >= 11 is 0. The summed E-state index contributed by atoms with van der Waals surface area (Å²) < 4.78 is 44.3. The maximum absolute atomic E-state index is 17.1. The number of aromatic hydroxyl groups is 1. The van der Waals surface area contributed by atoms with Gasteiger partial charge in [0.15, 0.2) is 5.82 Å². The van der Waals surface area contributed by atoms with Crippen molar-refractivity contribution in [1.82, 2.24) is 40.3 Å². The molecular formula is C50H50F2N10O7. The summed E-state index contributed by atoms with van der Waals surface area (Å²) in [5.74, 6) is 0.274. The van der Waals surface area contributed by atoms with Gasteiger partial charge in [-0.2, -0.15) is 9.97 Å². The van der Waals surface area contributed by atoms with Crippen LogP contribution < -0.4 is 25.2 Å². The van der Waals surface area contributed by atoms with E-state index in [1.54, 1.807) is 11.0 Å². The van der Waals surface area contributed by atoms with E-state index in [1.165, 1.54) is 35.4 Å². The molecule has 5 saturated heterocycles. The predicted molar refractivity (Wildman–Crippen MR) is 250 cm³/mol. The molecule has 2 bridgehead atoms. The van der Waals surface area contributed by atoms with Gasteiger partial charge >= 0.3 is 12.1 Å². The lowest BCUT2D eigenvalue weighted by atomic mass is 9.96. The third-order valence-electron chi connectivity index (χ3n) is 14.8. The summed E-state index contributed by atoms with van der Waals surface area (Å²) in [6.45, 7) is 4.00. The van der Waals surface area contributed by atoms with Crippen molar-refractivity contribution in [2.45, 2.75) is 75.3 Å². The van der Waals surface area contributed by atoms with Crippen LogP contribution in [0.1, 0.15) is 60.0 Å². The van der Waals surface area contributed by atoms with Gasteiger partial charge < -0.3 is 39.5 Å². The number of carbonyl (C=O) groups excluding carboxylic acids is 4. The molecule has 17 nitrogen and oxygen atoms in total. The molecule has 19 heteroatoms. The van der Waals surface area contributed by atoms with Gasteiger partial charge in [-0.15, -0.1) is 6.42 Å². The average Bonchev–Trinajstić information content (AvgIpc) is 4.00. The zero-order valence-electron chi connectivity index (χ0n) is 37.9. The molecule has 0 saturated carbocycles. The van der Waals surface area contributed by atoms with Crippen LogP contribution in [0.25, 0.3) is 32.9 Å². The number of hydrogen-bond acceptors (Lipinski definition) is 14. The van der Waals surface area contributed by atoms with E-state index in [0.717, 1.165) is 36.9 Å². The number of nitrogens with zero attached hydrogens (tertiary/aromatic N) is 8. The lowest BCUT2D eigenvalue weighted by molar-refractivity contribution is -0.136. The first kappa shape index (κ1) is 44.3. The molecule has 5 fully saturated rings. The highest BCUT2D eigenvalue weighted by Gasteiger charge is 2.40. The molecule has 3 N–H and O–H groups in total. The first-order valence-electron chi connectivity index (χ1n) is 23.5. The minimum absolute atomic E-state index is 0.0134. The highest BCUT2D eigenvalue weighted by Crippen LogP contribution is 2.40. The molecular weight excluding hydrogens is 891 g/mol. The molecule has 2 aromatic heterocycles. The molecule has 0 aliphatic carbocycles. The number of likely N-dealkylation sites (N-methyl/N-ethyl adjacent to an activating group) is 1. The van der Waals surface area contributed by atoms with Gasteiger partial charge in [-0.25, -0.2) is 13.6 Å². The van der Waals surface area contributed by atoms with Gasteiger partial charge in [-0.05, 0) is 86.5 Å². The average molecular weight is 941 g/mol. The van der Waals surface area contributed by atoms with Crippen molar-refractivity contribution in [2.24, 2.45) is 0 Å². The number of terminal acetylenes is 1. The van der Waals surface area contributed by atoms with Crippen molar-refractivity contribution in [3.63, 3.8) is 0 Å². The first-order valence-corrected chi connectivity index (χ1v) is 23.5. The number of piperazine rings is 2. The molecule has 6 aliphatic heterocycles. The van der Waals surface area contributed by atoms with Crippen molar-refractivity contribution in [2.75, 3.05) is 69.3 Å². The number of phenolic OH excluding ortho intramolecular Hbond substituents is 1. The normalized spacial score (nSPS) is 23.7. The van der Waals surface area contributed by atoms with Gasteiger partial charge in [0.2, 0.25) is 11.8 Å². The molecule has 5 atom stereocenters. The zero-order valence-corrected chi connectivity index (χ0v) is 37.9. The van der Waals surface area contributed by atoms with Gasteiger partial charge in [0.1, 0.15) is 47.9 Å². The summed E-state index contributed by atoms with van der Waals surface area (Å²) in [7, 11) is 1.96. The second kappa shape index (κ2) is 17.7. The number of rotatable bonds is 9. The van der Waals surface area contributed by atoms with Crippen molar-refractivity contribution in [3.05, 3.63) is 77.0 Å². The zero-order chi connectivity index (χ0) is 47.7. The maximum atomic E-state index is 17.1. The third-order valence-corrected chi connectivity index (χ3v) is 14.8. The van der Waals surface area contributed by atoms with Crippen molar-refractivity contribution in [1.29, 1.82) is 0 Å². The molecule has 0 radical (unpaired) electrons. The molecule has 4 amide bonds. The Morgan fingerprint density at radius 1 is 0.913 bits per heavy atom. The molecule has 3 aromatic carbocycles. The molecule has 11 rings (SSSR count). The number of fused-ring (bicyclic) bond motifs is 5. The number of piperidine rings is 1. The van der Waals surface area contributed by atoms with E-state index in [1.807, 2.05) is 19.2 Å². The van der Waals surface area contributed by atoms with E-state index in [2.05, 4.69) is 41.2 Å². The molecule has 69 heavy (non-hydrogen) atoms. The lowest BCUT2D eigenvalue weighted by Gasteiger charge is -2.36. The standard InChI is InChI=1S/C50H50F2N10O7/c1-3-35-39(51)11-4-27-19-34(63)20-37(42(27)35)44-43(52)45-38(21-53-44)46(61-23-29-5-6-30(24-61)54-29)57-49(56-45)68-25-32-7-8-33(58(32)2)26-69-50(67)60-16-14-59(15-17-60)31-9-10-36-28(18-31)22-62(48(36)66)40-12-13-41(64)55-47(40)65/h1,4,9-11,18-21,29-30,32-33,40,54,63H,5-8,12-17,22-26H2,2H3,(H,55,64,65)/t29?,30?,32-,33-,40?/m0/s1. The number of phenols is 1. The van der Waals surface area contributed by atoms with E-state index < -0.39 is 29.7 Å². The fourth-order valence-corrected chi connectivity index (χ4v) is 11.1. The predicted octanol–water partition coefficient (Wildman–Crippen LogP) is 4.31. The Balaban J connectivity index is 0.740. The van der Waals surface area contributed by atoms with E-state index >= 15 is 8.78 Å². The van der Waals surface area contributed by atoms with Crippen LogP contribution in [-0.4, -0.2) is 148 Å². The van der Waals surface area contributed by atoms with E-state index in [0.29, 0.717) is 67.8 Å². The lowest BCUT2D eigenvalue weighted by Crippen LogP contribution is -2.52. The number of nitrogens with one attached hydrogen (secondary N) is 2. The number of ether oxygens (including phenoxy) is 2. The largest absolute Gasteiger partial charge is 0.508 e. The number of likely N-dealkylation sites (tertiary alicyclic amines) is 1. The summed E-state index contributed by atoms with van der Waals surface area (Å²) in [4.78, 5) is 74.3. The summed E-state index contributed by atoms with van der Waals surface area (Å²) in [6, 6.07) is 10.7. The van der Waals surface area contributed by atoms with Gasteiger partial charge in [-0.1, -0.05) is 12.0 Å². The van der Waals surface area contributed by atoms with Crippen LogP contribution in [0.4, 0.5) is 25.1 Å². The van der Waals surface area contributed by atoms with Crippen molar-refractivity contribution < 1.29 is 42.5 Å². The second-order valence-corrected chi connectivity index (χ2v) is 18.9. The summed E-state index contributed by atoms with van der Waals surface area (Å²) in [5.41, 5.74) is 2.16. The van der Waals surface area contributed by atoms with Crippen LogP contribution in [0.3, 0.4) is 0 Å². The number of carbonyl (C=O) groups is 4.